The van der Waals surface area contributed by atoms with Crippen LogP contribution in [-0.4, -0.2) is 31.8 Å². The van der Waals surface area contributed by atoms with E-state index < -0.39 is 23.3 Å². The quantitative estimate of drug-likeness (QED) is 0.522. The summed E-state index contributed by atoms with van der Waals surface area (Å²) in [5.74, 6) is 0.334. The first-order valence-corrected chi connectivity index (χ1v) is 6.04. The summed E-state index contributed by atoms with van der Waals surface area (Å²) in [6.07, 6.45) is -1.54. The Hall–Kier alpha value is -1.11. The average Bonchev–Trinajstić information content (AvgIpc) is 2.20. The molecule has 3 unspecified atom stereocenters. The summed E-state index contributed by atoms with van der Waals surface area (Å²) in [7, 11) is 0. The van der Waals surface area contributed by atoms with Gasteiger partial charge < -0.3 is 20.1 Å². The molecule has 0 spiro atoms. The van der Waals surface area contributed by atoms with E-state index >= 15 is 0 Å². The third-order valence-electron chi connectivity index (χ3n) is 2.06. The Bertz CT molecular complexity index is 354. The van der Waals surface area contributed by atoms with Crippen molar-refractivity contribution >= 4 is 16.8 Å². The number of benzene rings is 1. The molecule has 1 aromatic rings. The molecule has 4 N–H and O–H groups in total. The molecule has 0 bridgehead atoms. The molecule has 5 nitrogen and oxygen atoms in total. The standard InChI is InChI=1S/C10H15NO4S/c1-7(10(12)6-16(13)14)15-9-4-2-8(11)3-5-9/h2-5,7,10,12H,6,11H2,1H3,(H,13,14). The fourth-order valence-corrected chi connectivity index (χ4v) is 1.68. The molecule has 0 aliphatic heterocycles. The monoisotopic (exact) mass is 245 g/mol. The zero-order chi connectivity index (χ0) is 12.1. The second-order valence-electron chi connectivity index (χ2n) is 3.45. The molecule has 90 valence electrons. The number of hydrogen-bond acceptors (Lipinski definition) is 4. The van der Waals surface area contributed by atoms with E-state index in [0.717, 1.165) is 0 Å². The predicted molar refractivity (Wildman–Crippen MR) is 62.6 cm³/mol. The highest BCUT2D eigenvalue weighted by molar-refractivity contribution is 7.79. The highest BCUT2D eigenvalue weighted by atomic mass is 32.2. The smallest absolute Gasteiger partial charge is 0.155 e. The van der Waals surface area contributed by atoms with Crippen molar-refractivity contribution in [2.75, 3.05) is 11.5 Å². The minimum atomic E-state index is -2.03. The molecule has 0 radical (unpaired) electrons. The SMILES string of the molecule is CC(Oc1ccc(N)cc1)C(O)CS(=O)O. The summed E-state index contributed by atoms with van der Waals surface area (Å²) in [6.45, 7) is 1.63. The Morgan fingerprint density at radius 1 is 1.44 bits per heavy atom. The van der Waals surface area contributed by atoms with Crippen LogP contribution in [0.3, 0.4) is 0 Å². The number of nitrogen functional groups attached to an aromatic ring is 1. The van der Waals surface area contributed by atoms with Crippen molar-refractivity contribution in [2.45, 2.75) is 19.1 Å². The largest absolute Gasteiger partial charge is 0.488 e. The van der Waals surface area contributed by atoms with E-state index in [1.54, 1.807) is 31.2 Å². The summed E-state index contributed by atoms with van der Waals surface area (Å²) in [5.41, 5.74) is 6.13. The van der Waals surface area contributed by atoms with Crippen molar-refractivity contribution < 1.29 is 18.6 Å². The van der Waals surface area contributed by atoms with Crippen LogP contribution in [0.4, 0.5) is 5.69 Å². The third-order valence-corrected chi connectivity index (χ3v) is 2.68. The van der Waals surface area contributed by atoms with Crippen LogP contribution in [0.5, 0.6) is 5.75 Å². The Kier molecular flexibility index (Phi) is 4.72. The van der Waals surface area contributed by atoms with E-state index in [1.807, 2.05) is 0 Å². The van der Waals surface area contributed by atoms with Crippen LogP contribution in [0.1, 0.15) is 6.92 Å². The fraction of sp³-hybridized carbons (Fsp3) is 0.400. The van der Waals surface area contributed by atoms with Gasteiger partial charge in [0.25, 0.3) is 0 Å². The molecule has 0 fully saturated rings. The molecule has 0 aromatic heterocycles. The first-order valence-electron chi connectivity index (χ1n) is 4.76. The van der Waals surface area contributed by atoms with Gasteiger partial charge in [0.15, 0.2) is 11.1 Å². The Morgan fingerprint density at radius 2 is 2.00 bits per heavy atom. The molecule has 0 saturated carbocycles. The number of aliphatic hydroxyl groups excluding tert-OH is 1. The second kappa shape index (κ2) is 5.83. The molecule has 0 amide bonds. The molecule has 6 heteroatoms. The van der Waals surface area contributed by atoms with Gasteiger partial charge >= 0.3 is 0 Å². The van der Waals surface area contributed by atoms with Gasteiger partial charge in [0.1, 0.15) is 18.0 Å². The molecule has 0 heterocycles. The maximum Gasteiger partial charge on any atom is 0.155 e. The van der Waals surface area contributed by atoms with Gasteiger partial charge in [-0.3, -0.25) is 0 Å². The zero-order valence-corrected chi connectivity index (χ0v) is 9.68. The van der Waals surface area contributed by atoms with Crippen LogP contribution in [0.15, 0.2) is 24.3 Å². The van der Waals surface area contributed by atoms with Crippen LogP contribution in [0.2, 0.25) is 0 Å². The molecule has 0 aliphatic rings. The summed E-state index contributed by atoms with van der Waals surface area (Å²) in [4.78, 5) is 0. The lowest BCUT2D eigenvalue weighted by Gasteiger charge is -2.19. The second-order valence-corrected chi connectivity index (χ2v) is 4.42. The third kappa shape index (κ3) is 4.18. The first kappa shape index (κ1) is 13.0. The average molecular weight is 245 g/mol. The molecule has 3 atom stereocenters. The van der Waals surface area contributed by atoms with Crippen molar-refractivity contribution in [3.63, 3.8) is 0 Å². The molecular weight excluding hydrogens is 230 g/mol. The summed E-state index contributed by atoms with van der Waals surface area (Å²) in [6, 6.07) is 6.71. The first-order chi connectivity index (χ1) is 7.49. The molecule has 0 saturated heterocycles. The van der Waals surface area contributed by atoms with E-state index in [9.17, 15) is 9.32 Å². The van der Waals surface area contributed by atoms with Crippen molar-refractivity contribution in [2.24, 2.45) is 0 Å². The van der Waals surface area contributed by atoms with Gasteiger partial charge in [-0.25, -0.2) is 4.21 Å². The predicted octanol–water partition coefficient (Wildman–Crippen LogP) is 0.619. The number of anilines is 1. The number of nitrogens with two attached hydrogens (primary N) is 1. The van der Waals surface area contributed by atoms with Crippen LogP contribution >= 0.6 is 0 Å². The van der Waals surface area contributed by atoms with Crippen LogP contribution in [0.25, 0.3) is 0 Å². The number of hydrogen-bond donors (Lipinski definition) is 3. The molecule has 0 aliphatic carbocycles. The molecule has 1 rings (SSSR count). The summed E-state index contributed by atoms with van der Waals surface area (Å²) in [5, 5.41) is 9.50. The van der Waals surface area contributed by atoms with Crippen molar-refractivity contribution in [3.8, 4) is 5.75 Å². The van der Waals surface area contributed by atoms with E-state index in [-0.39, 0.29) is 5.75 Å². The Morgan fingerprint density at radius 3 is 2.50 bits per heavy atom. The van der Waals surface area contributed by atoms with Gasteiger partial charge in [-0.05, 0) is 31.2 Å². The Labute approximate surface area is 96.5 Å². The number of aliphatic hydroxyl groups is 1. The lowest BCUT2D eigenvalue weighted by Crippen LogP contribution is -2.33. The summed E-state index contributed by atoms with van der Waals surface area (Å²) < 4.78 is 24.5. The number of ether oxygens (including phenoxy) is 1. The Balaban J connectivity index is 2.53. The van der Waals surface area contributed by atoms with Crippen LogP contribution < -0.4 is 10.5 Å². The lowest BCUT2D eigenvalue weighted by atomic mass is 10.2. The van der Waals surface area contributed by atoms with Crippen molar-refractivity contribution in [1.82, 2.24) is 0 Å². The summed E-state index contributed by atoms with van der Waals surface area (Å²) >= 11 is -2.03. The van der Waals surface area contributed by atoms with Gasteiger partial charge in [-0.2, -0.15) is 0 Å². The van der Waals surface area contributed by atoms with Crippen LogP contribution in [0, 0.1) is 0 Å². The maximum absolute atomic E-state index is 10.5. The van der Waals surface area contributed by atoms with E-state index in [4.69, 9.17) is 15.0 Å². The maximum atomic E-state index is 10.5. The number of rotatable bonds is 5. The van der Waals surface area contributed by atoms with E-state index in [1.165, 1.54) is 0 Å². The molecular formula is C10H15NO4S. The van der Waals surface area contributed by atoms with Gasteiger partial charge in [-0.1, -0.05) is 0 Å². The van der Waals surface area contributed by atoms with E-state index in [0.29, 0.717) is 11.4 Å². The van der Waals surface area contributed by atoms with Gasteiger partial charge in [0.05, 0.1) is 5.75 Å². The lowest BCUT2D eigenvalue weighted by molar-refractivity contribution is 0.0623. The van der Waals surface area contributed by atoms with Gasteiger partial charge in [0.2, 0.25) is 0 Å². The van der Waals surface area contributed by atoms with Gasteiger partial charge in [-0.15, -0.1) is 0 Å². The van der Waals surface area contributed by atoms with Crippen molar-refractivity contribution in [1.29, 1.82) is 0 Å². The normalized spacial score (nSPS) is 16.4. The highest BCUT2D eigenvalue weighted by Crippen LogP contribution is 2.15. The minimum absolute atomic E-state index is 0.226. The van der Waals surface area contributed by atoms with Crippen molar-refractivity contribution in [3.05, 3.63) is 24.3 Å². The topological polar surface area (TPSA) is 92.8 Å². The highest BCUT2D eigenvalue weighted by Gasteiger charge is 2.18. The van der Waals surface area contributed by atoms with E-state index in [2.05, 4.69) is 0 Å². The fourth-order valence-electron chi connectivity index (χ4n) is 1.12. The minimum Gasteiger partial charge on any atom is -0.488 e. The molecule has 1 aromatic carbocycles. The zero-order valence-electron chi connectivity index (χ0n) is 8.87. The molecule has 16 heavy (non-hydrogen) atoms. The van der Waals surface area contributed by atoms with Gasteiger partial charge in [0, 0.05) is 5.69 Å². The van der Waals surface area contributed by atoms with Crippen LogP contribution in [-0.2, 0) is 11.1 Å².